The summed E-state index contributed by atoms with van der Waals surface area (Å²) in [5, 5.41) is 0. The van der Waals surface area contributed by atoms with Crippen LogP contribution in [0.1, 0.15) is 80.1 Å². The first-order valence-electron chi connectivity index (χ1n) is 7.50. The first kappa shape index (κ1) is 17.5. The van der Waals surface area contributed by atoms with E-state index < -0.39 is 5.41 Å². The van der Waals surface area contributed by atoms with Crippen LogP contribution >= 0.6 is 0 Å². The third-order valence-corrected chi connectivity index (χ3v) is 3.47. The summed E-state index contributed by atoms with van der Waals surface area (Å²) in [6, 6.07) is 0. The Bertz CT molecular complexity index is 228. The van der Waals surface area contributed by atoms with Crippen molar-refractivity contribution in [1.29, 1.82) is 0 Å². The number of esters is 1. The second-order valence-corrected chi connectivity index (χ2v) is 6.54. The van der Waals surface area contributed by atoms with Gasteiger partial charge in [0.1, 0.15) is 6.10 Å². The van der Waals surface area contributed by atoms with Gasteiger partial charge >= 0.3 is 5.97 Å². The van der Waals surface area contributed by atoms with Gasteiger partial charge in [-0.1, -0.05) is 46.0 Å². The van der Waals surface area contributed by atoms with Crippen molar-refractivity contribution in [1.82, 2.24) is 0 Å². The van der Waals surface area contributed by atoms with E-state index in [0.717, 1.165) is 6.42 Å². The number of rotatable bonds is 8. The zero-order valence-electron chi connectivity index (χ0n) is 13.2. The third kappa shape index (κ3) is 7.73. The van der Waals surface area contributed by atoms with E-state index in [4.69, 9.17) is 4.74 Å². The summed E-state index contributed by atoms with van der Waals surface area (Å²) in [6.45, 7) is 12.1. The van der Waals surface area contributed by atoms with E-state index in [0.29, 0.717) is 5.92 Å². The lowest BCUT2D eigenvalue weighted by molar-refractivity contribution is -0.160. The SMILES string of the molecule is CCCCCCCC(C)C(C)OC(=O)C(C)(C)C. The zero-order chi connectivity index (χ0) is 14.2. The highest BCUT2D eigenvalue weighted by molar-refractivity contribution is 5.75. The molecule has 0 saturated heterocycles. The second kappa shape index (κ2) is 8.55. The highest BCUT2D eigenvalue weighted by Crippen LogP contribution is 2.21. The summed E-state index contributed by atoms with van der Waals surface area (Å²) in [5.74, 6) is 0.366. The lowest BCUT2D eigenvalue weighted by Crippen LogP contribution is -2.30. The predicted molar refractivity (Wildman–Crippen MR) is 77.5 cm³/mol. The molecule has 2 heteroatoms. The number of hydrogen-bond donors (Lipinski definition) is 0. The molecule has 2 unspecified atom stereocenters. The molecule has 0 aliphatic rings. The van der Waals surface area contributed by atoms with Gasteiger partial charge in [0.05, 0.1) is 5.41 Å². The number of unbranched alkanes of at least 4 members (excludes halogenated alkanes) is 4. The largest absolute Gasteiger partial charge is 0.462 e. The van der Waals surface area contributed by atoms with E-state index in [-0.39, 0.29) is 12.1 Å². The van der Waals surface area contributed by atoms with Gasteiger partial charge in [-0.15, -0.1) is 0 Å². The van der Waals surface area contributed by atoms with Crippen LogP contribution in [0.4, 0.5) is 0 Å². The van der Waals surface area contributed by atoms with E-state index in [1.54, 1.807) is 0 Å². The Labute approximate surface area is 113 Å². The van der Waals surface area contributed by atoms with Crippen molar-refractivity contribution in [3.05, 3.63) is 0 Å². The maximum absolute atomic E-state index is 11.8. The van der Waals surface area contributed by atoms with Crippen molar-refractivity contribution in [3.8, 4) is 0 Å². The summed E-state index contributed by atoms with van der Waals surface area (Å²) >= 11 is 0. The number of carbonyl (C=O) groups excluding carboxylic acids is 1. The Morgan fingerprint density at radius 2 is 1.61 bits per heavy atom. The van der Waals surface area contributed by atoms with Crippen molar-refractivity contribution in [2.75, 3.05) is 0 Å². The zero-order valence-corrected chi connectivity index (χ0v) is 13.2. The lowest BCUT2D eigenvalue weighted by atomic mass is 9.95. The number of hydrogen-bond acceptors (Lipinski definition) is 2. The highest BCUT2D eigenvalue weighted by Gasteiger charge is 2.26. The molecule has 0 aromatic carbocycles. The molecular formula is C16H32O2. The Morgan fingerprint density at radius 1 is 1.06 bits per heavy atom. The molecule has 0 saturated carbocycles. The summed E-state index contributed by atoms with van der Waals surface area (Å²) in [6.07, 6.45) is 7.69. The van der Waals surface area contributed by atoms with Crippen LogP contribution < -0.4 is 0 Å². The van der Waals surface area contributed by atoms with Crippen molar-refractivity contribution in [2.45, 2.75) is 86.2 Å². The molecule has 18 heavy (non-hydrogen) atoms. The predicted octanol–water partition coefficient (Wildman–Crippen LogP) is 4.96. The average molecular weight is 256 g/mol. The molecule has 0 amide bonds. The Morgan fingerprint density at radius 3 is 2.11 bits per heavy atom. The van der Waals surface area contributed by atoms with Crippen LogP contribution in [0.3, 0.4) is 0 Å². The van der Waals surface area contributed by atoms with E-state index in [2.05, 4.69) is 13.8 Å². The molecule has 0 aliphatic heterocycles. The van der Waals surface area contributed by atoms with Crippen molar-refractivity contribution < 1.29 is 9.53 Å². The maximum Gasteiger partial charge on any atom is 0.311 e. The summed E-state index contributed by atoms with van der Waals surface area (Å²) in [5.41, 5.74) is -0.394. The first-order chi connectivity index (χ1) is 8.29. The van der Waals surface area contributed by atoms with Crippen molar-refractivity contribution in [3.63, 3.8) is 0 Å². The van der Waals surface area contributed by atoms with Crippen molar-refractivity contribution >= 4 is 5.97 Å². The molecular weight excluding hydrogens is 224 g/mol. The van der Waals surface area contributed by atoms with E-state index in [1.807, 2.05) is 27.7 Å². The summed E-state index contributed by atoms with van der Waals surface area (Å²) in [4.78, 5) is 11.8. The monoisotopic (exact) mass is 256 g/mol. The molecule has 0 aromatic rings. The minimum atomic E-state index is -0.394. The molecule has 0 rings (SSSR count). The molecule has 2 nitrogen and oxygen atoms in total. The Balaban J connectivity index is 3.82. The fourth-order valence-corrected chi connectivity index (χ4v) is 1.77. The Kier molecular flexibility index (Phi) is 8.30. The maximum atomic E-state index is 11.8. The smallest absolute Gasteiger partial charge is 0.311 e. The van der Waals surface area contributed by atoms with Crippen LogP contribution in [-0.4, -0.2) is 12.1 Å². The molecule has 0 fully saturated rings. The quantitative estimate of drug-likeness (QED) is 0.453. The molecule has 108 valence electrons. The summed E-state index contributed by atoms with van der Waals surface area (Å²) < 4.78 is 5.52. The van der Waals surface area contributed by atoms with Gasteiger partial charge in [-0.3, -0.25) is 4.79 Å². The molecule has 0 heterocycles. The molecule has 0 radical (unpaired) electrons. The van der Waals surface area contributed by atoms with Crippen LogP contribution in [0, 0.1) is 11.3 Å². The standard InChI is InChI=1S/C16H32O2/c1-7-8-9-10-11-12-13(2)14(3)18-15(17)16(4,5)6/h13-14H,7-12H2,1-6H3. The normalized spacial score (nSPS) is 15.2. The number of ether oxygens (including phenoxy) is 1. The number of carbonyl (C=O) groups is 1. The molecule has 0 bridgehead atoms. The van der Waals surface area contributed by atoms with Gasteiger partial charge in [0, 0.05) is 0 Å². The van der Waals surface area contributed by atoms with E-state index >= 15 is 0 Å². The minimum Gasteiger partial charge on any atom is -0.462 e. The van der Waals surface area contributed by atoms with Crippen LogP contribution in [-0.2, 0) is 9.53 Å². The van der Waals surface area contributed by atoms with Gasteiger partial charge in [0.15, 0.2) is 0 Å². The molecule has 0 aromatic heterocycles. The fraction of sp³-hybridized carbons (Fsp3) is 0.938. The third-order valence-electron chi connectivity index (χ3n) is 3.47. The van der Waals surface area contributed by atoms with Crippen LogP contribution in [0.15, 0.2) is 0 Å². The minimum absolute atomic E-state index is 0.0305. The average Bonchev–Trinajstić information content (AvgIpc) is 2.27. The van der Waals surface area contributed by atoms with E-state index in [9.17, 15) is 4.79 Å². The van der Waals surface area contributed by atoms with Crippen molar-refractivity contribution in [2.24, 2.45) is 11.3 Å². The van der Waals surface area contributed by atoms with Gasteiger partial charge in [0.2, 0.25) is 0 Å². The van der Waals surface area contributed by atoms with Gasteiger partial charge in [-0.25, -0.2) is 0 Å². The van der Waals surface area contributed by atoms with Crippen LogP contribution in [0.5, 0.6) is 0 Å². The van der Waals surface area contributed by atoms with Crippen LogP contribution in [0.2, 0.25) is 0 Å². The Hall–Kier alpha value is -0.530. The first-order valence-corrected chi connectivity index (χ1v) is 7.50. The fourth-order valence-electron chi connectivity index (χ4n) is 1.77. The van der Waals surface area contributed by atoms with Gasteiger partial charge in [-0.2, -0.15) is 0 Å². The lowest BCUT2D eigenvalue weighted by Gasteiger charge is -2.25. The van der Waals surface area contributed by atoms with E-state index in [1.165, 1.54) is 32.1 Å². The highest BCUT2D eigenvalue weighted by atomic mass is 16.5. The summed E-state index contributed by atoms with van der Waals surface area (Å²) in [7, 11) is 0. The van der Waals surface area contributed by atoms with Crippen LogP contribution in [0.25, 0.3) is 0 Å². The molecule has 0 aliphatic carbocycles. The molecule has 2 atom stereocenters. The van der Waals surface area contributed by atoms with Gasteiger partial charge < -0.3 is 4.74 Å². The van der Waals surface area contributed by atoms with Gasteiger partial charge in [-0.05, 0) is 40.0 Å². The second-order valence-electron chi connectivity index (χ2n) is 6.54. The molecule has 0 N–H and O–H groups in total. The van der Waals surface area contributed by atoms with Gasteiger partial charge in [0.25, 0.3) is 0 Å². The topological polar surface area (TPSA) is 26.3 Å². The molecule has 0 spiro atoms.